The van der Waals surface area contributed by atoms with Gasteiger partial charge in [0.25, 0.3) is 0 Å². The Bertz CT molecular complexity index is 1180. The molecule has 2 heterocycles. The van der Waals surface area contributed by atoms with Gasteiger partial charge in [-0.25, -0.2) is 4.98 Å². The summed E-state index contributed by atoms with van der Waals surface area (Å²) in [5.74, 6) is 1.07. The van der Waals surface area contributed by atoms with Crippen LogP contribution in [0.5, 0.6) is 0 Å². The number of nitrogens with zero attached hydrogens (tertiary/aromatic N) is 3. The van der Waals surface area contributed by atoms with Crippen LogP contribution in [0, 0.1) is 27.7 Å². The van der Waals surface area contributed by atoms with Crippen LogP contribution in [0.4, 0.5) is 0 Å². The predicted molar refractivity (Wildman–Crippen MR) is 135 cm³/mol. The summed E-state index contributed by atoms with van der Waals surface area (Å²) in [4.78, 5) is 9.55. The van der Waals surface area contributed by atoms with Crippen LogP contribution < -0.4 is 0 Å². The normalized spacial score (nSPS) is 11.2. The topological polar surface area (TPSA) is 30.7 Å². The number of rotatable bonds is 7. The molecule has 4 rings (SSSR count). The molecule has 3 nitrogen and oxygen atoms in total. The van der Waals surface area contributed by atoms with Gasteiger partial charge in [-0.1, -0.05) is 67.3 Å². The summed E-state index contributed by atoms with van der Waals surface area (Å²) in [6.45, 7) is 11.9. The Morgan fingerprint density at radius 3 is 2.03 bits per heavy atom. The predicted octanol–water partition coefficient (Wildman–Crippen LogP) is 7.70. The molecule has 0 aliphatic rings. The lowest BCUT2D eigenvalue weighted by atomic mass is 9.99. The van der Waals surface area contributed by atoms with E-state index in [1.165, 1.54) is 51.9 Å². The summed E-state index contributed by atoms with van der Waals surface area (Å²) in [6, 6.07) is 17.5. The quantitative estimate of drug-likeness (QED) is 0.285. The maximum absolute atomic E-state index is 5.31. The van der Waals surface area contributed by atoms with Crippen molar-refractivity contribution in [3.63, 3.8) is 0 Å². The van der Waals surface area contributed by atoms with Gasteiger partial charge in [0.1, 0.15) is 5.82 Å². The Morgan fingerprint density at radius 2 is 1.41 bits per heavy atom. The molecule has 0 fully saturated rings. The van der Waals surface area contributed by atoms with Crippen LogP contribution in [-0.4, -0.2) is 14.5 Å². The third-order valence-electron chi connectivity index (χ3n) is 6.13. The van der Waals surface area contributed by atoms with Crippen molar-refractivity contribution in [1.29, 1.82) is 0 Å². The summed E-state index contributed by atoms with van der Waals surface area (Å²) in [6.07, 6.45) is 7.25. The molecule has 0 aliphatic carbocycles. The Hall–Kier alpha value is -3.20. The third kappa shape index (κ3) is 4.38. The number of hydrogen-bond acceptors (Lipinski definition) is 2. The molecule has 0 atom stereocenters. The van der Waals surface area contributed by atoms with Gasteiger partial charge in [-0.3, -0.25) is 4.98 Å². The Morgan fingerprint density at radius 1 is 0.750 bits per heavy atom. The van der Waals surface area contributed by atoms with Crippen molar-refractivity contribution in [2.75, 3.05) is 0 Å². The average molecular weight is 424 g/mol. The number of benzene rings is 2. The lowest BCUT2D eigenvalue weighted by Crippen LogP contribution is -2.05. The van der Waals surface area contributed by atoms with Crippen molar-refractivity contribution in [2.45, 2.75) is 60.4 Å². The first kappa shape index (κ1) is 22.0. The fraction of sp³-hybridized carbons (Fsp3) is 0.310. The van der Waals surface area contributed by atoms with Crippen molar-refractivity contribution < 1.29 is 0 Å². The fourth-order valence-electron chi connectivity index (χ4n) is 4.63. The summed E-state index contributed by atoms with van der Waals surface area (Å²) in [7, 11) is 0. The lowest BCUT2D eigenvalue weighted by Gasteiger charge is -2.16. The SMILES string of the molecule is CCCCCn1c(-c2c(C)cc(C)cc2C)nc(-c2ccncc2)c1-c1ccc(C)cc1. The Kier molecular flexibility index (Phi) is 6.55. The van der Waals surface area contributed by atoms with E-state index in [1.807, 2.05) is 12.4 Å². The van der Waals surface area contributed by atoms with Gasteiger partial charge in [0.2, 0.25) is 0 Å². The zero-order chi connectivity index (χ0) is 22.7. The molecule has 0 saturated carbocycles. The fourth-order valence-corrected chi connectivity index (χ4v) is 4.63. The molecular formula is C29H33N3. The summed E-state index contributed by atoms with van der Waals surface area (Å²) >= 11 is 0. The van der Waals surface area contributed by atoms with E-state index >= 15 is 0 Å². The van der Waals surface area contributed by atoms with Gasteiger partial charge in [-0.05, 0) is 57.4 Å². The minimum Gasteiger partial charge on any atom is -0.323 e. The number of pyridine rings is 1. The van der Waals surface area contributed by atoms with Crippen LogP contribution >= 0.6 is 0 Å². The van der Waals surface area contributed by atoms with Gasteiger partial charge in [0.15, 0.2) is 0 Å². The second-order valence-electron chi connectivity index (χ2n) is 8.87. The van der Waals surface area contributed by atoms with E-state index in [9.17, 15) is 0 Å². The maximum Gasteiger partial charge on any atom is 0.141 e. The second kappa shape index (κ2) is 9.52. The number of aryl methyl sites for hydroxylation is 4. The first-order chi connectivity index (χ1) is 15.5. The van der Waals surface area contributed by atoms with Gasteiger partial charge >= 0.3 is 0 Å². The largest absolute Gasteiger partial charge is 0.323 e. The van der Waals surface area contributed by atoms with Gasteiger partial charge in [-0.15, -0.1) is 0 Å². The lowest BCUT2D eigenvalue weighted by molar-refractivity contribution is 0.609. The number of aromatic nitrogens is 3. The summed E-state index contributed by atoms with van der Waals surface area (Å²) < 4.78 is 2.46. The van der Waals surface area contributed by atoms with Crippen LogP contribution in [-0.2, 0) is 6.54 Å². The number of unbranched alkanes of at least 4 members (excludes halogenated alkanes) is 2. The molecule has 2 aromatic heterocycles. The molecule has 0 spiro atoms. The van der Waals surface area contributed by atoms with E-state index in [2.05, 4.69) is 92.7 Å². The number of imidazole rings is 1. The molecule has 3 heteroatoms. The first-order valence-electron chi connectivity index (χ1n) is 11.7. The average Bonchev–Trinajstić information content (AvgIpc) is 3.13. The maximum atomic E-state index is 5.31. The highest BCUT2D eigenvalue weighted by Gasteiger charge is 2.23. The second-order valence-corrected chi connectivity index (χ2v) is 8.87. The van der Waals surface area contributed by atoms with Crippen molar-refractivity contribution >= 4 is 0 Å². The molecule has 0 saturated heterocycles. The highest BCUT2D eigenvalue weighted by molar-refractivity contribution is 5.83. The molecule has 0 bridgehead atoms. The molecule has 0 N–H and O–H groups in total. The van der Waals surface area contributed by atoms with Crippen molar-refractivity contribution in [3.05, 3.63) is 83.2 Å². The summed E-state index contributed by atoms with van der Waals surface area (Å²) in [5, 5.41) is 0. The van der Waals surface area contributed by atoms with Crippen LogP contribution in [0.2, 0.25) is 0 Å². The van der Waals surface area contributed by atoms with E-state index in [-0.39, 0.29) is 0 Å². The van der Waals surface area contributed by atoms with Crippen LogP contribution in [0.1, 0.15) is 48.4 Å². The van der Waals surface area contributed by atoms with E-state index in [4.69, 9.17) is 4.98 Å². The third-order valence-corrected chi connectivity index (χ3v) is 6.13. The van der Waals surface area contributed by atoms with E-state index < -0.39 is 0 Å². The monoisotopic (exact) mass is 423 g/mol. The van der Waals surface area contributed by atoms with Gasteiger partial charge < -0.3 is 4.57 Å². The number of hydrogen-bond donors (Lipinski definition) is 0. The van der Waals surface area contributed by atoms with Gasteiger partial charge in [0, 0.05) is 35.6 Å². The Balaban J connectivity index is 2.02. The van der Waals surface area contributed by atoms with E-state index in [1.54, 1.807) is 0 Å². The van der Waals surface area contributed by atoms with Crippen molar-refractivity contribution in [2.24, 2.45) is 0 Å². The molecule has 0 aliphatic heterocycles. The highest BCUT2D eigenvalue weighted by Crippen LogP contribution is 2.38. The van der Waals surface area contributed by atoms with Crippen molar-refractivity contribution in [3.8, 4) is 33.9 Å². The highest BCUT2D eigenvalue weighted by atomic mass is 15.1. The molecule has 0 unspecified atom stereocenters. The summed E-state index contributed by atoms with van der Waals surface area (Å²) in [5.41, 5.74) is 10.9. The molecule has 164 valence electrons. The van der Waals surface area contributed by atoms with Crippen molar-refractivity contribution in [1.82, 2.24) is 14.5 Å². The molecule has 4 aromatic rings. The molecule has 32 heavy (non-hydrogen) atoms. The van der Waals surface area contributed by atoms with Crippen LogP contribution in [0.25, 0.3) is 33.9 Å². The Labute approximate surface area is 192 Å². The standard InChI is InChI=1S/C29H33N3/c1-6-7-8-17-32-28(25-11-9-20(2)10-12-25)27(24-13-15-30-16-14-24)31-29(32)26-22(4)18-21(3)19-23(26)5/h9-16,18-19H,6-8,17H2,1-5H3. The molecular weight excluding hydrogens is 390 g/mol. The molecule has 0 radical (unpaired) electrons. The molecule has 2 aromatic carbocycles. The first-order valence-corrected chi connectivity index (χ1v) is 11.7. The minimum absolute atomic E-state index is 0.956. The van der Waals surface area contributed by atoms with E-state index in [0.29, 0.717) is 0 Å². The van der Waals surface area contributed by atoms with Crippen LogP contribution in [0.3, 0.4) is 0 Å². The van der Waals surface area contributed by atoms with E-state index in [0.717, 1.165) is 30.0 Å². The smallest absolute Gasteiger partial charge is 0.141 e. The zero-order valence-electron chi connectivity index (χ0n) is 19.9. The zero-order valence-corrected chi connectivity index (χ0v) is 19.9. The van der Waals surface area contributed by atoms with Gasteiger partial charge in [0.05, 0.1) is 11.4 Å². The van der Waals surface area contributed by atoms with Gasteiger partial charge in [-0.2, -0.15) is 0 Å². The molecule has 0 amide bonds. The minimum atomic E-state index is 0.956. The van der Waals surface area contributed by atoms with Crippen LogP contribution in [0.15, 0.2) is 60.9 Å².